The Morgan fingerprint density at radius 3 is 2.57 bits per heavy atom. The van der Waals surface area contributed by atoms with Crippen molar-refractivity contribution >= 4 is 12.0 Å². The van der Waals surface area contributed by atoms with Crippen LogP contribution in [-0.2, 0) is 18.4 Å². The Hall–Kier alpha value is -2.36. The van der Waals surface area contributed by atoms with Crippen LogP contribution in [0.4, 0.5) is 0 Å². The second kappa shape index (κ2) is 6.88. The Morgan fingerprint density at radius 2 is 2.00 bits per heavy atom. The molecule has 0 aliphatic heterocycles. The van der Waals surface area contributed by atoms with Crippen LogP contribution in [0.25, 0.3) is 6.08 Å². The Morgan fingerprint density at radius 1 is 1.29 bits per heavy atom. The van der Waals surface area contributed by atoms with Crippen molar-refractivity contribution in [2.75, 3.05) is 0 Å². The molecule has 1 amide bonds. The summed E-state index contributed by atoms with van der Waals surface area (Å²) in [5.74, 6) is 0.411. The third-order valence-corrected chi connectivity index (χ3v) is 3.40. The fourth-order valence-corrected chi connectivity index (χ4v) is 1.98. The number of aromatic nitrogens is 2. The predicted molar refractivity (Wildman–Crippen MR) is 84.6 cm³/mol. The normalized spacial score (nSPS) is 11.2. The maximum absolute atomic E-state index is 11.8. The summed E-state index contributed by atoms with van der Waals surface area (Å²) < 4.78 is 1.74. The molecule has 0 unspecified atom stereocenters. The van der Waals surface area contributed by atoms with Crippen molar-refractivity contribution < 1.29 is 4.79 Å². The van der Waals surface area contributed by atoms with Crippen molar-refractivity contribution in [1.29, 1.82) is 0 Å². The fourth-order valence-electron chi connectivity index (χ4n) is 1.98. The lowest BCUT2D eigenvalue weighted by atomic mass is 10.0. The van der Waals surface area contributed by atoms with Gasteiger partial charge in [0.1, 0.15) is 0 Å². The van der Waals surface area contributed by atoms with Crippen molar-refractivity contribution in [3.8, 4) is 0 Å². The van der Waals surface area contributed by atoms with E-state index in [0.717, 1.165) is 11.3 Å². The average molecular weight is 283 g/mol. The molecule has 1 aromatic carbocycles. The van der Waals surface area contributed by atoms with E-state index < -0.39 is 0 Å². The number of carbonyl (C=O) groups is 1. The number of rotatable bonds is 5. The van der Waals surface area contributed by atoms with Crippen molar-refractivity contribution in [1.82, 2.24) is 15.1 Å². The van der Waals surface area contributed by atoms with Crippen LogP contribution in [0.5, 0.6) is 0 Å². The maximum Gasteiger partial charge on any atom is 0.244 e. The zero-order valence-electron chi connectivity index (χ0n) is 12.7. The molecule has 4 heteroatoms. The lowest BCUT2D eigenvalue weighted by Crippen LogP contribution is -2.21. The number of nitrogens with one attached hydrogen (secondary N) is 1. The molecule has 1 aromatic heterocycles. The highest BCUT2D eigenvalue weighted by atomic mass is 16.1. The summed E-state index contributed by atoms with van der Waals surface area (Å²) in [6.45, 7) is 4.80. The Labute approximate surface area is 125 Å². The van der Waals surface area contributed by atoms with E-state index in [1.807, 2.05) is 31.3 Å². The van der Waals surface area contributed by atoms with Gasteiger partial charge in [0.05, 0.1) is 12.2 Å². The van der Waals surface area contributed by atoms with Gasteiger partial charge in [-0.3, -0.25) is 9.48 Å². The van der Waals surface area contributed by atoms with Gasteiger partial charge in [-0.1, -0.05) is 38.1 Å². The van der Waals surface area contributed by atoms with Gasteiger partial charge in [0.15, 0.2) is 0 Å². The topological polar surface area (TPSA) is 46.9 Å². The molecule has 2 rings (SSSR count). The summed E-state index contributed by atoms with van der Waals surface area (Å²) in [5.41, 5.74) is 3.29. The molecule has 0 atom stereocenters. The summed E-state index contributed by atoms with van der Waals surface area (Å²) in [4.78, 5) is 11.8. The van der Waals surface area contributed by atoms with E-state index >= 15 is 0 Å². The smallest absolute Gasteiger partial charge is 0.244 e. The monoisotopic (exact) mass is 283 g/mol. The number of benzene rings is 1. The summed E-state index contributed by atoms with van der Waals surface area (Å²) in [7, 11) is 1.85. The van der Waals surface area contributed by atoms with Gasteiger partial charge in [0.25, 0.3) is 0 Å². The molecule has 0 saturated heterocycles. The van der Waals surface area contributed by atoms with E-state index in [1.54, 1.807) is 17.0 Å². The van der Waals surface area contributed by atoms with Gasteiger partial charge in [-0.25, -0.2) is 0 Å². The highest BCUT2D eigenvalue weighted by Gasteiger charge is 2.01. The molecule has 0 radical (unpaired) electrons. The van der Waals surface area contributed by atoms with Crippen LogP contribution in [0.3, 0.4) is 0 Å². The largest absolute Gasteiger partial charge is 0.347 e. The first kappa shape index (κ1) is 15.0. The number of hydrogen-bond acceptors (Lipinski definition) is 2. The second-order valence-corrected chi connectivity index (χ2v) is 5.32. The van der Waals surface area contributed by atoms with Crippen LogP contribution in [0.15, 0.2) is 42.6 Å². The average Bonchev–Trinajstić information content (AvgIpc) is 2.88. The van der Waals surface area contributed by atoms with Crippen molar-refractivity contribution in [3.05, 3.63) is 59.4 Å². The van der Waals surface area contributed by atoms with Gasteiger partial charge in [-0.05, 0) is 29.2 Å². The van der Waals surface area contributed by atoms with Gasteiger partial charge >= 0.3 is 0 Å². The van der Waals surface area contributed by atoms with Crippen molar-refractivity contribution in [3.63, 3.8) is 0 Å². The SMILES string of the molecule is CC(C)c1ccc(/C=C/C(=O)NCc2ccnn2C)cc1. The van der Waals surface area contributed by atoms with E-state index in [2.05, 4.69) is 36.4 Å². The van der Waals surface area contributed by atoms with Gasteiger partial charge < -0.3 is 5.32 Å². The molecule has 0 fully saturated rings. The Bertz CT molecular complexity index is 624. The summed E-state index contributed by atoms with van der Waals surface area (Å²) in [6, 6.07) is 10.1. The minimum atomic E-state index is -0.107. The molecule has 2 aromatic rings. The van der Waals surface area contributed by atoms with Crippen molar-refractivity contribution in [2.45, 2.75) is 26.3 Å². The lowest BCUT2D eigenvalue weighted by molar-refractivity contribution is -0.116. The molecule has 0 spiro atoms. The van der Waals surface area contributed by atoms with Crippen LogP contribution < -0.4 is 5.32 Å². The van der Waals surface area contributed by atoms with Crippen LogP contribution in [0.1, 0.15) is 36.6 Å². The molecular weight excluding hydrogens is 262 g/mol. The molecule has 1 N–H and O–H groups in total. The minimum absolute atomic E-state index is 0.107. The molecular formula is C17H21N3O. The molecule has 0 bridgehead atoms. The minimum Gasteiger partial charge on any atom is -0.347 e. The molecule has 110 valence electrons. The predicted octanol–water partition coefficient (Wildman–Crippen LogP) is 2.87. The number of hydrogen-bond donors (Lipinski definition) is 1. The van der Waals surface area contributed by atoms with E-state index in [1.165, 1.54) is 5.56 Å². The lowest BCUT2D eigenvalue weighted by Gasteiger charge is -2.05. The highest BCUT2D eigenvalue weighted by molar-refractivity contribution is 5.91. The summed E-state index contributed by atoms with van der Waals surface area (Å²) in [5, 5.41) is 6.90. The van der Waals surface area contributed by atoms with Crippen LogP contribution in [-0.4, -0.2) is 15.7 Å². The zero-order valence-corrected chi connectivity index (χ0v) is 12.7. The molecule has 21 heavy (non-hydrogen) atoms. The second-order valence-electron chi connectivity index (χ2n) is 5.32. The Balaban J connectivity index is 1.88. The number of nitrogens with zero attached hydrogens (tertiary/aromatic N) is 2. The fraction of sp³-hybridized carbons (Fsp3) is 0.294. The van der Waals surface area contributed by atoms with Crippen LogP contribution >= 0.6 is 0 Å². The van der Waals surface area contributed by atoms with Crippen molar-refractivity contribution in [2.24, 2.45) is 7.05 Å². The van der Waals surface area contributed by atoms with E-state index in [4.69, 9.17) is 0 Å². The number of amides is 1. The number of carbonyl (C=O) groups excluding carboxylic acids is 1. The first-order valence-electron chi connectivity index (χ1n) is 7.09. The molecule has 0 aliphatic carbocycles. The molecule has 4 nitrogen and oxygen atoms in total. The first-order valence-corrected chi connectivity index (χ1v) is 7.09. The molecule has 0 aliphatic rings. The summed E-state index contributed by atoms with van der Waals surface area (Å²) in [6.07, 6.45) is 5.09. The summed E-state index contributed by atoms with van der Waals surface area (Å²) >= 11 is 0. The third-order valence-electron chi connectivity index (χ3n) is 3.40. The quantitative estimate of drug-likeness (QED) is 0.858. The number of aryl methyl sites for hydroxylation is 1. The van der Waals surface area contributed by atoms with Gasteiger partial charge in [0, 0.05) is 19.3 Å². The van der Waals surface area contributed by atoms with Gasteiger partial charge in [0.2, 0.25) is 5.91 Å². The maximum atomic E-state index is 11.8. The van der Waals surface area contributed by atoms with Gasteiger partial charge in [-0.15, -0.1) is 0 Å². The zero-order chi connectivity index (χ0) is 15.2. The molecule has 1 heterocycles. The molecule has 0 saturated carbocycles. The van der Waals surface area contributed by atoms with E-state index in [-0.39, 0.29) is 5.91 Å². The first-order chi connectivity index (χ1) is 10.1. The Kier molecular flexibility index (Phi) is 4.93. The highest BCUT2D eigenvalue weighted by Crippen LogP contribution is 2.15. The third kappa shape index (κ3) is 4.31. The van der Waals surface area contributed by atoms with Crippen LogP contribution in [0, 0.1) is 0 Å². The van der Waals surface area contributed by atoms with E-state index in [0.29, 0.717) is 12.5 Å². The van der Waals surface area contributed by atoms with Crippen LogP contribution in [0.2, 0.25) is 0 Å². The standard InChI is InChI=1S/C17H21N3O/c1-13(2)15-7-4-14(5-8-15)6-9-17(21)18-12-16-10-11-19-20(16)3/h4-11,13H,12H2,1-3H3,(H,18,21)/b9-6+. The van der Waals surface area contributed by atoms with Gasteiger partial charge in [-0.2, -0.15) is 5.10 Å². The van der Waals surface area contributed by atoms with E-state index in [9.17, 15) is 4.79 Å².